The van der Waals surface area contributed by atoms with E-state index in [1.807, 2.05) is 19.1 Å². The minimum absolute atomic E-state index is 0.0437. The summed E-state index contributed by atoms with van der Waals surface area (Å²) in [5, 5.41) is 0. The molecule has 0 radical (unpaired) electrons. The van der Waals surface area contributed by atoms with Crippen LogP contribution in [-0.4, -0.2) is 25.2 Å². The Morgan fingerprint density at radius 3 is 1.39 bits per heavy atom. The van der Waals surface area contributed by atoms with Crippen molar-refractivity contribution in [2.75, 3.05) is 13.2 Å². The molecule has 0 heterocycles. The molecule has 0 aromatic heterocycles. The molecule has 4 heteroatoms. The van der Waals surface area contributed by atoms with Crippen LogP contribution in [0.25, 0.3) is 0 Å². The maximum atomic E-state index is 11.8. The fourth-order valence-corrected chi connectivity index (χ4v) is 3.93. The topological polar surface area (TPSA) is 52.6 Å². The van der Waals surface area contributed by atoms with Gasteiger partial charge < -0.3 is 9.47 Å². The lowest BCUT2D eigenvalue weighted by atomic mass is 10.0. The van der Waals surface area contributed by atoms with E-state index in [9.17, 15) is 9.59 Å². The van der Waals surface area contributed by atoms with E-state index in [0.717, 1.165) is 44.9 Å². The highest BCUT2D eigenvalue weighted by molar-refractivity contribution is 5.69. The van der Waals surface area contributed by atoms with Gasteiger partial charge in [0.05, 0.1) is 6.61 Å². The van der Waals surface area contributed by atoms with Crippen molar-refractivity contribution in [1.82, 2.24) is 0 Å². The summed E-state index contributed by atoms with van der Waals surface area (Å²) >= 11 is 0. The second-order valence-corrected chi connectivity index (χ2v) is 9.34. The van der Waals surface area contributed by atoms with Crippen LogP contribution in [0.2, 0.25) is 0 Å². The summed E-state index contributed by atoms with van der Waals surface area (Å²) in [4.78, 5) is 23.3. The number of hydrogen-bond acceptors (Lipinski definition) is 4. The van der Waals surface area contributed by atoms with Crippen LogP contribution in [0.3, 0.4) is 0 Å². The van der Waals surface area contributed by atoms with Crippen molar-refractivity contribution >= 4 is 11.9 Å². The van der Waals surface area contributed by atoms with E-state index in [1.165, 1.54) is 77.0 Å². The summed E-state index contributed by atoms with van der Waals surface area (Å²) in [5.74, 6) is -0.155. The molecule has 0 unspecified atom stereocenters. The fourth-order valence-electron chi connectivity index (χ4n) is 3.93. The number of ether oxygens (including phenoxy) is 2. The Labute approximate surface area is 205 Å². The second kappa shape index (κ2) is 26.9. The first kappa shape index (κ1) is 31.7. The van der Waals surface area contributed by atoms with Crippen molar-refractivity contribution in [2.45, 2.75) is 149 Å². The van der Waals surface area contributed by atoms with Gasteiger partial charge in [-0.1, -0.05) is 122 Å². The molecule has 0 aromatic carbocycles. The highest BCUT2D eigenvalue weighted by Gasteiger charge is 2.04. The van der Waals surface area contributed by atoms with Crippen LogP contribution in [-0.2, 0) is 19.1 Å². The molecule has 0 N–H and O–H groups in total. The van der Waals surface area contributed by atoms with E-state index in [0.29, 0.717) is 26.1 Å². The van der Waals surface area contributed by atoms with Gasteiger partial charge in [-0.3, -0.25) is 9.59 Å². The Morgan fingerprint density at radius 1 is 0.545 bits per heavy atom. The third-order valence-corrected chi connectivity index (χ3v) is 6.10. The van der Waals surface area contributed by atoms with Crippen LogP contribution in [0.4, 0.5) is 0 Å². The SMILES string of the molecule is C/C=C/COC(=O)CCCCCCCCC(=O)OCCCCCCCCCCCCCCC. The summed E-state index contributed by atoms with van der Waals surface area (Å²) in [6, 6.07) is 0. The number of unbranched alkanes of at least 4 members (excludes halogenated alkanes) is 17. The molecular formula is C29H54O4. The maximum absolute atomic E-state index is 11.8. The Morgan fingerprint density at radius 2 is 0.939 bits per heavy atom. The van der Waals surface area contributed by atoms with Gasteiger partial charge in [-0.05, 0) is 26.2 Å². The number of allylic oxidation sites excluding steroid dienone is 1. The minimum atomic E-state index is -0.112. The molecule has 0 aliphatic rings. The molecule has 0 aliphatic heterocycles. The van der Waals surface area contributed by atoms with E-state index < -0.39 is 0 Å². The number of rotatable bonds is 25. The average Bonchev–Trinajstić information content (AvgIpc) is 2.81. The van der Waals surface area contributed by atoms with Crippen molar-refractivity contribution in [1.29, 1.82) is 0 Å². The highest BCUT2D eigenvalue weighted by atomic mass is 16.5. The van der Waals surface area contributed by atoms with Gasteiger partial charge in [-0.25, -0.2) is 0 Å². The quantitative estimate of drug-likeness (QED) is 0.0765. The van der Waals surface area contributed by atoms with Crippen molar-refractivity contribution in [3.05, 3.63) is 12.2 Å². The monoisotopic (exact) mass is 466 g/mol. The molecule has 0 rings (SSSR count). The first-order chi connectivity index (χ1) is 16.2. The highest BCUT2D eigenvalue weighted by Crippen LogP contribution is 2.13. The molecule has 0 fully saturated rings. The van der Waals surface area contributed by atoms with E-state index in [2.05, 4.69) is 6.92 Å². The van der Waals surface area contributed by atoms with Crippen LogP contribution in [0.15, 0.2) is 12.2 Å². The summed E-state index contributed by atoms with van der Waals surface area (Å²) in [5.41, 5.74) is 0. The van der Waals surface area contributed by atoms with Crippen molar-refractivity contribution < 1.29 is 19.1 Å². The van der Waals surface area contributed by atoms with Crippen molar-refractivity contribution in [3.63, 3.8) is 0 Å². The maximum Gasteiger partial charge on any atom is 0.306 e. The molecule has 194 valence electrons. The fraction of sp³-hybridized carbons (Fsp3) is 0.862. The van der Waals surface area contributed by atoms with Gasteiger partial charge in [0.15, 0.2) is 0 Å². The molecule has 0 amide bonds. The molecule has 33 heavy (non-hydrogen) atoms. The summed E-state index contributed by atoms with van der Waals surface area (Å²) in [6.07, 6.45) is 28.2. The van der Waals surface area contributed by atoms with Crippen LogP contribution >= 0.6 is 0 Å². The molecular weight excluding hydrogens is 412 g/mol. The lowest BCUT2D eigenvalue weighted by molar-refractivity contribution is -0.144. The van der Waals surface area contributed by atoms with Gasteiger partial charge >= 0.3 is 11.9 Å². The van der Waals surface area contributed by atoms with Crippen LogP contribution in [0.5, 0.6) is 0 Å². The Bertz CT molecular complexity index is 459. The first-order valence-corrected chi connectivity index (χ1v) is 14.1. The van der Waals surface area contributed by atoms with Crippen LogP contribution in [0.1, 0.15) is 149 Å². The molecule has 0 atom stereocenters. The zero-order valence-corrected chi connectivity index (χ0v) is 22.1. The van der Waals surface area contributed by atoms with E-state index in [1.54, 1.807) is 0 Å². The summed E-state index contributed by atoms with van der Waals surface area (Å²) < 4.78 is 10.4. The molecule has 0 spiro atoms. The normalized spacial score (nSPS) is 11.2. The van der Waals surface area contributed by atoms with E-state index in [4.69, 9.17) is 9.47 Å². The van der Waals surface area contributed by atoms with Crippen LogP contribution in [0, 0.1) is 0 Å². The van der Waals surface area contributed by atoms with Gasteiger partial charge in [0.1, 0.15) is 6.61 Å². The molecule has 0 bridgehead atoms. The Balaban J connectivity index is 3.23. The zero-order chi connectivity index (χ0) is 24.2. The number of carbonyl (C=O) groups excluding carboxylic acids is 2. The third-order valence-electron chi connectivity index (χ3n) is 6.10. The predicted molar refractivity (Wildman–Crippen MR) is 139 cm³/mol. The van der Waals surface area contributed by atoms with Gasteiger partial charge in [0, 0.05) is 12.8 Å². The van der Waals surface area contributed by atoms with E-state index >= 15 is 0 Å². The minimum Gasteiger partial charge on any atom is -0.466 e. The second-order valence-electron chi connectivity index (χ2n) is 9.34. The number of hydrogen-bond donors (Lipinski definition) is 0. The summed E-state index contributed by atoms with van der Waals surface area (Å²) in [7, 11) is 0. The molecule has 0 saturated carbocycles. The van der Waals surface area contributed by atoms with Gasteiger partial charge in [0.25, 0.3) is 0 Å². The summed E-state index contributed by atoms with van der Waals surface area (Å²) in [6.45, 7) is 5.15. The van der Waals surface area contributed by atoms with Gasteiger partial charge in [0.2, 0.25) is 0 Å². The van der Waals surface area contributed by atoms with Gasteiger partial charge in [-0.15, -0.1) is 0 Å². The molecule has 4 nitrogen and oxygen atoms in total. The van der Waals surface area contributed by atoms with Crippen molar-refractivity contribution in [2.24, 2.45) is 0 Å². The number of carbonyl (C=O) groups is 2. The van der Waals surface area contributed by atoms with Crippen molar-refractivity contribution in [3.8, 4) is 0 Å². The third kappa shape index (κ3) is 26.8. The lowest BCUT2D eigenvalue weighted by Gasteiger charge is -2.06. The first-order valence-electron chi connectivity index (χ1n) is 14.1. The van der Waals surface area contributed by atoms with Crippen LogP contribution < -0.4 is 0 Å². The smallest absolute Gasteiger partial charge is 0.306 e. The Kier molecular flexibility index (Phi) is 25.9. The number of esters is 2. The largest absolute Gasteiger partial charge is 0.466 e. The van der Waals surface area contributed by atoms with Gasteiger partial charge in [-0.2, -0.15) is 0 Å². The molecule has 0 aliphatic carbocycles. The average molecular weight is 467 g/mol. The molecule has 0 aromatic rings. The standard InChI is InChI=1S/C29H54O4/c1-3-5-7-8-9-10-11-12-13-14-17-20-23-27-33-29(31)25-22-19-16-15-18-21-24-28(30)32-26-6-4-2/h4,6H,3,5,7-27H2,1-2H3/b6-4+. The lowest BCUT2D eigenvalue weighted by Crippen LogP contribution is -2.05. The Hall–Kier alpha value is -1.32. The zero-order valence-electron chi connectivity index (χ0n) is 22.1. The molecule has 0 saturated heterocycles. The van der Waals surface area contributed by atoms with E-state index in [-0.39, 0.29) is 11.9 Å². The predicted octanol–water partition coefficient (Wildman–Crippen LogP) is 8.86.